The van der Waals surface area contributed by atoms with Crippen LogP contribution in [0.5, 0.6) is 5.75 Å². The Balaban J connectivity index is 2.60. The van der Waals surface area contributed by atoms with Gasteiger partial charge in [0, 0.05) is 32.9 Å². The maximum absolute atomic E-state index is 12.0. The number of benzene rings is 2. The fourth-order valence-corrected chi connectivity index (χ4v) is 3.36. The Morgan fingerprint density at radius 1 is 0.900 bits per heavy atom. The maximum Gasteiger partial charge on any atom is 0.303 e. The minimum Gasteiger partial charge on any atom is -0.492 e. The van der Waals surface area contributed by atoms with Crippen LogP contribution in [-0.4, -0.2) is 60.6 Å². The maximum atomic E-state index is 12.0. The summed E-state index contributed by atoms with van der Waals surface area (Å²) in [5.41, 5.74) is -0.724. The summed E-state index contributed by atoms with van der Waals surface area (Å²) in [5.74, 6) is -1.16. The van der Waals surface area contributed by atoms with Crippen molar-refractivity contribution in [3.05, 3.63) is 50.6 Å². The van der Waals surface area contributed by atoms with E-state index in [1.54, 1.807) is 11.8 Å². The topological polar surface area (TPSA) is 205 Å². The van der Waals surface area contributed by atoms with Gasteiger partial charge in [-0.05, 0) is 19.1 Å². The molecule has 0 spiro atoms. The number of azo groups is 1. The van der Waals surface area contributed by atoms with E-state index in [1.165, 1.54) is 32.9 Å². The first-order valence-corrected chi connectivity index (χ1v) is 11.9. The van der Waals surface area contributed by atoms with E-state index in [0.29, 0.717) is 5.69 Å². The lowest BCUT2D eigenvalue weighted by Crippen LogP contribution is -2.32. The van der Waals surface area contributed by atoms with Gasteiger partial charge in [0.1, 0.15) is 24.7 Å². The van der Waals surface area contributed by atoms with Crippen molar-refractivity contribution in [1.82, 2.24) is 0 Å². The van der Waals surface area contributed by atoms with Gasteiger partial charge in [-0.3, -0.25) is 34.6 Å². The van der Waals surface area contributed by atoms with Crippen LogP contribution in [0.1, 0.15) is 27.7 Å². The number of esters is 2. The number of amides is 1. The number of ether oxygens (including phenoxy) is 3. The van der Waals surface area contributed by atoms with E-state index in [2.05, 4.69) is 15.5 Å². The molecule has 40 heavy (non-hydrogen) atoms. The summed E-state index contributed by atoms with van der Waals surface area (Å²) in [5, 5.41) is 33.1. The van der Waals surface area contributed by atoms with E-state index >= 15 is 0 Å². The molecule has 1 N–H and O–H groups in total. The lowest BCUT2D eigenvalue weighted by atomic mass is 10.2. The van der Waals surface area contributed by atoms with Gasteiger partial charge in [0.25, 0.3) is 5.69 Å². The predicted octanol–water partition coefficient (Wildman–Crippen LogP) is 4.21. The van der Waals surface area contributed by atoms with Crippen LogP contribution < -0.4 is 15.0 Å². The van der Waals surface area contributed by atoms with Crippen molar-refractivity contribution in [1.29, 1.82) is 0 Å². The second-order valence-electron chi connectivity index (χ2n) is 8.01. The van der Waals surface area contributed by atoms with Crippen molar-refractivity contribution in [3.63, 3.8) is 0 Å². The average molecular weight is 561 g/mol. The number of nitrogens with one attached hydrogen (secondary N) is 1. The van der Waals surface area contributed by atoms with E-state index in [9.17, 15) is 34.6 Å². The molecule has 0 aromatic heterocycles. The smallest absolute Gasteiger partial charge is 0.303 e. The quantitative estimate of drug-likeness (QED) is 0.150. The van der Waals surface area contributed by atoms with Gasteiger partial charge in [-0.2, -0.15) is 0 Å². The van der Waals surface area contributed by atoms with Crippen LogP contribution in [0.3, 0.4) is 0 Å². The van der Waals surface area contributed by atoms with Crippen molar-refractivity contribution < 1.29 is 38.4 Å². The Labute approximate surface area is 228 Å². The van der Waals surface area contributed by atoms with Gasteiger partial charge in [-0.25, -0.2) is 0 Å². The molecule has 0 atom stereocenters. The summed E-state index contributed by atoms with van der Waals surface area (Å²) in [7, 11) is 0. The summed E-state index contributed by atoms with van der Waals surface area (Å²) in [6.45, 7) is 6.10. The van der Waals surface area contributed by atoms with E-state index < -0.39 is 39.1 Å². The number of nitrogens with zero attached hydrogens (tertiary/aromatic N) is 5. The molecule has 0 saturated heterocycles. The van der Waals surface area contributed by atoms with Crippen molar-refractivity contribution >= 4 is 52.0 Å². The van der Waals surface area contributed by atoms with Crippen molar-refractivity contribution in [2.75, 3.05) is 43.1 Å². The van der Waals surface area contributed by atoms with Gasteiger partial charge >= 0.3 is 17.6 Å². The van der Waals surface area contributed by atoms with E-state index in [4.69, 9.17) is 14.2 Å². The Kier molecular flexibility index (Phi) is 11.4. The number of nitro benzene ring substituents is 2. The normalized spacial score (nSPS) is 10.6. The first-order valence-electron chi connectivity index (χ1n) is 11.9. The molecule has 0 aliphatic heterocycles. The Bertz CT molecular complexity index is 1290. The molecule has 0 aliphatic carbocycles. The van der Waals surface area contributed by atoms with E-state index in [0.717, 1.165) is 18.2 Å². The monoisotopic (exact) mass is 560 g/mol. The number of nitro groups is 2. The molecule has 16 nitrogen and oxygen atoms in total. The first kappa shape index (κ1) is 31.1. The SMILES string of the molecule is CCOc1cc(N=Nc2ccc([N+](=O)[O-])cc2[N+](=O)[O-])c(NC(C)=O)cc1N(CCOC(C)=O)CCOC(C)=O. The average Bonchev–Trinajstić information content (AvgIpc) is 2.86. The largest absolute Gasteiger partial charge is 0.492 e. The molecule has 0 radical (unpaired) electrons. The first-order chi connectivity index (χ1) is 18.9. The molecule has 214 valence electrons. The second-order valence-corrected chi connectivity index (χ2v) is 8.01. The van der Waals surface area contributed by atoms with Crippen molar-refractivity contribution in [2.45, 2.75) is 27.7 Å². The number of hydrogen-bond acceptors (Lipinski definition) is 13. The molecule has 2 aromatic rings. The van der Waals surface area contributed by atoms with E-state index in [-0.39, 0.29) is 55.7 Å². The van der Waals surface area contributed by atoms with Crippen molar-refractivity contribution in [2.24, 2.45) is 10.2 Å². The number of carbonyl (C=O) groups is 3. The van der Waals surface area contributed by atoms with Gasteiger partial charge in [-0.15, -0.1) is 10.2 Å². The zero-order chi connectivity index (χ0) is 29.8. The second kappa shape index (κ2) is 14.7. The number of rotatable bonds is 14. The van der Waals surface area contributed by atoms with E-state index in [1.807, 2.05) is 0 Å². The van der Waals surface area contributed by atoms with Gasteiger partial charge < -0.3 is 24.4 Å². The summed E-state index contributed by atoms with van der Waals surface area (Å²) >= 11 is 0. The minimum absolute atomic E-state index is 0.00170. The van der Waals surface area contributed by atoms with Crippen LogP contribution in [0.25, 0.3) is 0 Å². The zero-order valence-electron chi connectivity index (χ0n) is 22.2. The Morgan fingerprint density at radius 3 is 2.00 bits per heavy atom. The fraction of sp³-hybridized carbons (Fsp3) is 0.375. The van der Waals surface area contributed by atoms with Gasteiger partial charge in [-0.1, -0.05) is 0 Å². The van der Waals surface area contributed by atoms with Crippen LogP contribution in [0.2, 0.25) is 0 Å². The molecule has 0 bridgehead atoms. The van der Waals surface area contributed by atoms with Gasteiger partial charge in [0.05, 0.1) is 47.0 Å². The summed E-state index contributed by atoms with van der Waals surface area (Å²) < 4.78 is 15.9. The number of hydrogen-bond donors (Lipinski definition) is 1. The molecule has 0 heterocycles. The minimum atomic E-state index is -0.824. The zero-order valence-corrected chi connectivity index (χ0v) is 22.2. The molecule has 0 aliphatic rings. The van der Waals surface area contributed by atoms with Crippen LogP contribution in [0.4, 0.5) is 34.1 Å². The Hall–Kier alpha value is -5.15. The molecule has 16 heteroatoms. The summed E-state index contributed by atoms with van der Waals surface area (Å²) in [6, 6.07) is 5.86. The molecule has 0 saturated carbocycles. The van der Waals surface area contributed by atoms with Gasteiger partial charge in [0.2, 0.25) is 5.91 Å². The molecule has 2 aromatic carbocycles. The lowest BCUT2D eigenvalue weighted by molar-refractivity contribution is -0.393. The Morgan fingerprint density at radius 2 is 1.50 bits per heavy atom. The van der Waals surface area contributed by atoms with Crippen LogP contribution in [0, 0.1) is 20.2 Å². The number of carbonyl (C=O) groups excluding carboxylic acids is 3. The third-order valence-electron chi connectivity index (χ3n) is 4.99. The lowest BCUT2D eigenvalue weighted by Gasteiger charge is -2.27. The molecule has 0 fully saturated rings. The standard InChI is InChI=1S/C24H28N6O10/c1-5-38-24-14-21(27-26-19-7-6-18(29(34)35)12-22(19)30(36)37)20(25-15(2)31)13-23(24)28(8-10-39-16(3)32)9-11-40-17(4)33/h6-7,12-14H,5,8-11H2,1-4H3,(H,25,31). The fourth-order valence-electron chi connectivity index (χ4n) is 3.36. The van der Waals surface area contributed by atoms with Crippen LogP contribution in [0.15, 0.2) is 40.6 Å². The highest BCUT2D eigenvalue weighted by atomic mass is 16.6. The van der Waals surface area contributed by atoms with Crippen LogP contribution >= 0.6 is 0 Å². The highest BCUT2D eigenvalue weighted by Crippen LogP contribution is 2.40. The highest BCUT2D eigenvalue weighted by molar-refractivity contribution is 5.94. The van der Waals surface area contributed by atoms with Crippen molar-refractivity contribution in [3.8, 4) is 5.75 Å². The molecular formula is C24H28N6O10. The predicted molar refractivity (Wildman–Crippen MR) is 141 cm³/mol. The number of non-ortho nitro benzene ring substituents is 1. The molecule has 0 unspecified atom stereocenters. The van der Waals surface area contributed by atoms with Gasteiger partial charge in [0.15, 0.2) is 5.69 Å². The summed E-state index contributed by atoms with van der Waals surface area (Å²) in [6.07, 6.45) is 0. The summed E-state index contributed by atoms with van der Waals surface area (Å²) in [4.78, 5) is 57.1. The third kappa shape index (κ3) is 9.30. The van der Waals surface area contributed by atoms with Crippen LogP contribution in [-0.2, 0) is 23.9 Å². The molecule has 2 rings (SSSR count). The number of anilines is 2. The third-order valence-corrected chi connectivity index (χ3v) is 4.99. The molecule has 1 amide bonds. The highest BCUT2D eigenvalue weighted by Gasteiger charge is 2.21. The molecular weight excluding hydrogens is 532 g/mol.